The Morgan fingerprint density at radius 3 is 2.38 bits per heavy atom. The fourth-order valence-electron chi connectivity index (χ4n) is 5.11. The molecule has 0 aliphatic carbocycles. The number of nitro benzene ring substituents is 1. The number of non-ortho nitro benzene ring substituents is 1. The van der Waals surface area contributed by atoms with E-state index in [-0.39, 0.29) is 50.1 Å². The van der Waals surface area contributed by atoms with Crippen molar-refractivity contribution < 1.29 is 38.0 Å². The summed E-state index contributed by atoms with van der Waals surface area (Å²) in [5.41, 5.74) is 0.460. The van der Waals surface area contributed by atoms with E-state index >= 15 is 0 Å². The summed E-state index contributed by atoms with van der Waals surface area (Å²) >= 11 is 0. The molecule has 37 heavy (non-hydrogen) atoms. The number of carbonyl (C=O) groups is 3. The Hall–Kier alpha value is -2.89. The summed E-state index contributed by atoms with van der Waals surface area (Å²) in [5, 5.41) is 10.9. The van der Waals surface area contributed by atoms with Gasteiger partial charge in [0.15, 0.2) is 24.3 Å². The summed E-state index contributed by atoms with van der Waals surface area (Å²) in [4.78, 5) is 51.3. The van der Waals surface area contributed by atoms with Crippen molar-refractivity contribution in [3.63, 3.8) is 0 Å². The molecule has 2 saturated heterocycles. The molecule has 2 aliphatic rings. The topological polar surface area (TPSA) is 125 Å². The number of nitrogens with zero attached hydrogens (tertiary/aromatic N) is 3. The highest BCUT2D eigenvalue weighted by atomic mass is 16.7. The van der Waals surface area contributed by atoms with E-state index in [1.807, 2.05) is 20.8 Å². The van der Waals surface area contributed by atoms with Gasteiger partial charge in [0.1, 0.15) is 6.61 Å². The molecule has 3 unspecified atom stereocenters. The molecule has 2 fully saturated rings. The Bertz CT molecular complexity index is 949. The molecule has 0 saturated carbocycles. The second-order valence-corrected chi connectivity index (χ2v) is 9.47. The summed E-state index contributed by atoms with van der Waals surface area (Å²) in [7, 11) is 0. The van der Waals surface area contributed by atoms with Gasteiger partial charge in [-0.25, -0.2) is 4.79 Å². The molecule has 0 spiro atoms. The molecule has 2 heterocycles. The highest BCUT2D eigenvalue weighted by Gasteiger charge is 2.55. The minimum atomic E-state index is -1.37. The van der Waals surface area contributed by atoms with E-state index in [4.69, 9.17) is 14.2 Å². The summed E-state index contributed by atoms with van der Waals surface area (Å²) in [5.74, 6) is -1.51. The van der Waals surface area contributed by atoms with Crippen molar-refractivity contribution in [1.29, 1.82) is 0 Å². The maximum Gasteiger partial charge on any atom is 0.337 e. The summed E-state index contributed by atoms with van der Waals surface area (Å²) in [6.45, 7) is 8.89. The van der Waals surface area contributed by atoms with Crippen LogP contribution in [-0.2, 0) is 35.2 Å². The van der Waals surface area contributed by atoms with E-state index in [0.717, 1.165) is 38.9 Å². The van der Waals surface area contributed by atoms with Crippen molar-refractivity contribution in [2.45, 2.75) is 78.0 Å². The predicted octanol–water partition coefficient (Wildman–Crippen LogP) is 2.94. The summed E-state index contributed by atoms with van der Waals surface area (Å²) < 4.78 is 17.3. The predicted molar refractivity (Wildman–Crippen MR) is 133 cm³/mol. The summed E-state index contributed by atoms with van der Waals surface area (Å²) in [6.07, 6.45) is 2.27. The molecule has 0 aromatic heterocycles. The lowest BCUT2D eigenvalue weighted by atomic mass is 9.97. The van der Waals surface area contributed by atoms with Gasteiger partial charge in [-0.3, -0.25) is 24.6 Å². The fourth-order valence-corrected chi connectivity index (χ4v) is 5.11. The quantitative estimate of drug-likeness (QED) is 0.0916. The van der Waals surface area contributed by atoms with Crippen molar-refractivity contribution in [2.24, 2.45) is 0 Å². The van der Waals surface area contributed by atoms with Gasteiger partial charge in [0.05, 0.1) is 37.6 Å². The van der Waals surface area contributed by atoms with Crippen LogP contribution in [0.25, 0.3) is 0 Å². The van der Waals surface area contributed by atoms with Gasteiger partial charge in [0.25, 0.3) is 5.69 Å². The third kappa shape index (κ3) is 6.71. The second-order valence-electron chi connectivity index (χ2n) is 9.47. The molecule has 2 aliphatic heterocycles. The number of ketones is 1. The van der Waals surface area contributed by atoms with Gasteiger partial charge in [-0.2, -0.15) is 0 Å². The standard InChI is InChI=1S/C26H38N3O8/c1-4-29(5-2,6-3)22-17-23(31)27(22)25(21(30)14-16-36-24-9-7-8-15-35-24)26(32)37-18-19-10-12-20(13-11-19)28(33)34/h10-13,22,24-25H,4-9,14-18H2,1-3H3/q+1. The number of likely N-dealkylation sites (tertiary alicyclic amines) is 1. The zero-order valence-corrected chi connectivity index (χ0v) is 21.9. The molecule has 204 valence electrons. The van der Waals surface area contributed by atoms with Gasteiger partial charge >= 0.3 is 5.97 Å². The van der Waals surface area contributed by atoms with Crippen molar-refractivity contribution >= 4 is 23.3 Å². The van der Waals surface area contributed by atoms with Gasteiger partial charge in [-0.05, 0) is 57.7 Å². The van der Waals surface area contributed by atoms with E-state index < -0.39 is 22.7 Å². The molecule has 3 atom stereocenters. The number of rotatable bonds is 14. The van der Waals surface area contributed by atoms with Crippen LogP contribution in [0.2, 0.25) is 0 Å². The zero-order chi connectivity index (χ0) is 27.0. The van der Waals surface area contributed by atoms with Gasteiger partial charge in [0, 0.05) is 25.2 Å². The zero-order valence-electron chi connectivity index (χ0n) is 21.9. The highest BCUT2D eigenvalue weighted by Crippen LogP contribution is 2.32. The molecular formula is C26H38N3O8+. The number of benzene rings is 1. The van der Waals surface area contributed by atoms with Gasteiger partial charge in [-0.1, -0.05) is 0 Å². The SMILES string of the molecule is CC[N+](CC)(CC)C1CC(=O)N1C(C(=O)CCOC1CCCCO1)C(=O)OCc1ccc([N+](=O)[O-])cc1. The Kier molecular flexibility index (Phi) is 10.1. The van der Waals surface area contributed by atoms with Gasteiger partial charge in [-0.15, -0.1) is 0 Å². The number of hydrogen-bond donors (Lipinski definition) is 0. The molecule has 1 aromatic rings. The average Bonchev–Trinajstić information content (AvgIpc) is 2.91. The molecule has 0 radical (unpaired) electrons. The van der Waals surface area contributed by atoms with Gasteiger partial charge < -0.3 is 18.7 Å². The Morgan fingerprint density at radius 2 is 1.84 bits per heavy atom. The lowest BCUT2D eigenvalue weighted by Crippen LogP contribution is -2.74. The van der Waals surface area contributed by atoms with E-state index in [1.54, 1.807) is 0 Å². The smallest absolute Gasteiger partial charge is 0.337 e. The first-order valence-electron chi connectivity index (χ1n) is 13.1. The van der Waals surface area contributed by atoms with E-state index in [9.17, 15) is 24.5 Å². The lowest BCUT2D eigenvalue weighted by molar-refractivity contribution is -0.959. The molecule has 11 nitrogen and oxygen atoms in total. The average molecular weight is 521 g/mol. The van der Waals surface area contributed by atoms with Crippen LogP contribution < -0.4 is 0 Å². The normalized spacial score (nSPS) is 20.7. The third-order valence-corrected chi connectivity index (χ3v) is 7.61. The number of Topliss-reactive ketones (excluding diaryl/α,β-unsaturated/α-hetero) is 1. The molecule has 1 aromatic carbocycles. The van der Waals surface area contributed by atoms with Crippen LogP contribution in [-0.4, -0.2) is 83.3 Å². The number of esters is 1. The Balaban J connectivity index is 1.74. The fraction of sp³-hybridized carbons (Fsp3) is 0.654. The first-order chi connectivity index (χ1) is 17.8. The molecule has 11 heteroatoms. The maximum atomic E-state index is 13.4. The van der Waals surface area contributed by atoms with Crippen LogP contribution in [0.5, 0.6) is 0 Å². The molecule has 3 rings (SSSR count). The molecule has 0 bridgehead atoms. The van der Waals surface area contributed by atoms with Crippen LogP contribution in [0.1, 0.15) is 58.4 Å². The van der Waals surface area contributed by atoms with Crippen molar-refractivity contribution in [2.75, 3.05) is 32.8 Å². The van der Waals surface area contributed by atoms with Crippen molar-refractivity contribution in [1.82, 2.24) is 4.90 Å². The number of nitro groups is 1. The Morgan fingerprint density at radius 1 is 1.16 bits per heavy atom. The monoisotopic (exact) mass is 520 g/mol. The third-order valence-electron chi connectivity index (χ3n) is 7.61. The number of amides is 1. The minimum absolute atomic E-state index is 0.0575. The minimum Gasteiger partial charge on any atom is -0.459 e. The molecule has 1 amide bonds. The summed E-state index contributed by atoms with van der Waals surface area (Å²) in [6, 6.07) is 4.25. The molecule has 0 N–H and O–H groups in total. The number of hydrogen-bond acceptors (Lipinski definition) is 8. The van der Waals surface area contributed by atoms with Gasteiger partial charge in [0.2, 0.25) is 5.91 Å². The lowest BCUT2D eigenvalue weighted by Gasteiger charge is -2.53. The van der Waals surface area contributed by atoms with E-state index in [2.05, 4.69) is 0 Å². The largest absolute Gasteiger partial charge is 0.459 e. The maximum absolute atomic E-state index is 13.4. The van der Waals surface area contributed by atoms with Crippen molar-refractivity contribution in [3.8, 4) is 0 Å². The number of β-lactam (4-membered cyclic amide) rings is 1. The van der Waals surface area contributed by atoms with Crippen LogP contribution in [0.4, 0.5) is 5.69 Å². The molecular weight excluding hydrogens is 482 g/mol. The van der Waals surface area contributed by atoms with Crippen LogP contribution in [0.15, 0.2) is 24.3 Å². The first-order valence-corrected chi connectivity index (χ1v) is 13.1. The highest BCUT2D eigenvalue weighted by molar-refractivity contribution is 6.07. The number of ether oxygens (including phenoxy) is 3. The van der Waals surface area contributed by atoms with E-state index in [0.29, 0.717) is 16.7 Å². The van der Waals surface area contributed by atoms with Crippen molar-refractivity contribution in [3.05, 3.63) is 39.9 Å². The number of carbonyl (C=O) groups excluding carboxylic acids is 3. The van der Waals surface area contributed by atoms with Crippen LogP contribution in [0, 0.1) is 10.1 Å². The Labute approximate surface area is 217 Å². The number of quaternary nitrogens is 1. The first kappa shape index (κ1) is 28.7. The second kappa shape index (κ2) is 13.1. The van der Waals surface area contributed by atoms with E-state index in [1.165, 1.54) is 29.2 Å². The van der Waals surface area contributed by atoms with Crippen LogP contribution >= 0.6 is 0 Å². The van der Waals surface area contributed by atoms with Crippen LogP contribution in [0.3, 0.4) is 0 Å².